The number of nitrogens with one attached hydrogen (secondary N) is 1. The maximum Gasteiger partial charge on any atom is 0.152 e. The van der Waals surface area contributed by atoms with Gasteiger partial charge in [0.1, 0.15) is 17.3 Å². The first-order valence-corrected chi connectivity index (χ1v) is 4.89. The molecule has 0 aliphatic heterocycles. The van der Waals surface area contributed by atoms with Crippen molar-refractivity contribution in [1.82, 2.24) is 9.78 Å². The van der Waals surface area contributed by atoms with Crippen LogP contribution >= 0.6 is 0 Å². The van der Waals surface area contributed by atoms with Crippen LogP contribution < -0.4 is 5.32 Å². The van der Waals surface area contributed by atoms with Crippen LogP contribution in [0.4, 0.5) is 24.7 Å². The van der Waals surface area contributed by atoms with Crippen molar-refractivity contribution in [2.24, 2.45) is 7.05 Å². The zero-order valence-corrected chi connectivity index (χ0v) is 9.26. The van der Waals surface area contributed by atoms with E-state index in [0.717, 1.165) is 0 Å². The van der Waals surface area contributed by atoms with E-state index in [9.17, 15) is 13.2 Å². The summed E-state index contributed by atoms with van der Waals surface area (Å²) in [6.07, 6.45) is 0. The molecule has 0 radical (unpaired) electrons. The van der Waals surface area contributed by atoms with E-state index in [1.165, 1.54) is 4.68 Å². The average Bonchev–Trinajstić information content (AvgIpc) is 2.51. The largest absolute Gasteiger partial charge is 0.336 e. The van der Waals surface area contributed by atoms with Crippen molar-refractivity contribution in [2.45, 2.75) is 6.92 Å². The quantitative estimate of drug-likeness (QED) is 0.876. The van der Waals surface area contributed by atoms with Crippen LogP contribution in [0.5, 0.6) is 0 Å². The Hall–Kier alpha value is -1.98. The maximum atomic E-state index is 13.4. The Kier molecular flexibility index (Phi) is 2.79. The molecular formula is C11H10F3N3. The van der Waals surface area contributed by atoms with E-state index in [1.54, 1.807) is 20.0 Å². The van der Waals surface area contributed by atoms with Gasteiger partial charge in [0.25, 0.3) is 0 Å². The number of hydrogen-bond donors (Lipinski definition) is 1. The molecule has 1 N–H and O–H groups in total. The van der Waals surface area contributed by atoms with E-state index in [0.29, 0.717) is 23.6 Å². The van der Waals surface area contributed by atoms with E-state index in [4.69, 9.17) is 0 Å². The normalized spacial score (nSPS) is 10.6. The van der Waals surface area contributed by atoms with Gasteiger partial charge in [-0.1, -0.05) is 0 Å². The number of anilines is 2. The third-order valence-corrected chi connectivity index (χ3v) is 2.26. The number of hydrogen-bond acceptors (Lipinski definition) is 2. The van der Waals surface area contributed by atoms with Crippen LogP contribution in [0.25, 0.3) is 0 Å². The monoisotopic (exact) mass is 241 g/mol. The Labute approximate surface area is 95.9 Å². The van der Waals surface area contributed by atoms with Gasteiger partial charge in [0, 0.05) is 25.2 Å². The van der Waals surface area contributed by atoms with Crippen LogP contribution in [0.2, 0.25) is 0 Å². The molecule has 0 amide bonds. The lowest BCUT2D eigenvalue weighted by Gasteiger charge is -2.08. The summed E-state index contributed by atoms with van der Waals surface area (Å²) in [5.74, 6) is -2.50. The Morgan fingerprint density at radius 1 is 1.12 bits per heavy atom. The van der Waals surface area contributed by atoms with Gasteiger partial charge in [0.05, 0.1) is 5.69 Å². The van der Waals surface area contributed by atoms with Gasteiger partial charge in [0.15, 0.2) is 11.6 Å². The average molecular weight is 241 g/mol. The van der Waals surface area contributed by atoms with Crippen LogP contribution in [0.3, 0.4) is 0 Å². The van der Waals surface area contributed by atoms with Gasteiger partial charge in [-0.2, -0.15) is 5.10 Å². The first kappa shape index (κ1) is 11.5. The molecule has 3 nitrogen and oxygen atoms in total. The highest BCUT2D eigenvalue weighted by atomic mass is 19.1. The van der Waals surface area contributed by atoms with Crippen molar-refractivity contribution >= 4 is 11.5 Å². The third kappa shape index (κ3) is 2.25. The molecule has 1 heterocycles. The highest BCUT2D eigenvalue weighted by molar-refractivity contribution is 5.58. The number of aryl methyl sites for hydroxylation is 2. The summed E-state index contributed by atoms with van der Waals surface area (Å²) >= 11 is 0. The van der Waals surface area contributed by atoms with Gasteiger partial charge in [-0.15, -0.1) is 0 Å². The topological polar surface area (TPSA) is 29.9 Å². The van der Waals surface area contributed by atoms with Crippen LogP contribution in [0.1, 0.15) is 5.69 Å². The molecule has 2 rings (SSSR count). The summed E-state index contributed by atoms with van der Waals surface area (Å²) in [6.45, 7) is 1.75. The first-order valence-electron chi connectivity index (χ1n) is 4.89. The number of benzene rings is 1. The number of nitrogens with zero attached hydrogens (tertiary/aromatic N) is 2. The van der Waals surface area contributed by atoms with E-state index >= 15 is 0 Å². The zero-order valence-electron chi connectivity index (χ0n) is 9.26. The van der Waals surface area contributed by atoms with Crippen molar-refractivity contribution in [1.29, 1.82) is 0 Å². The second kappa shape index (κ2) is 4.12. The van der Waals surface area contributed by atoms with E-state index in [-0.39, 0.29) is 0 Å². The molecule has 0 saturated carbocycles. The molecule has 1 aromatic carbocycles. The van der Waals surface area contributed by atoms with Gasteiger partial charge >= 0.3 is 0 Å². The van der Waals surface area contributed by atoms with Gasteiger partial charge in [-0.05, 0) is 6.92 Å². The second-order valence-corrected chi connectivity index (χ2v) is 3.66. The Morgan fingerprint density at radius 2 is 1.71 bits per heavy atom. The molecule has 0 spiro atoms. The fourth-order valence-corrected chi connectivity index (χ4v) is 1.52. The minimum Gasteiger partial charge on any atom is -0.336 e. The summed E-state index contributed by atoms with van der Waals surface area (Å²) in [5.41, 5.74) is 0.312. The molecule has 0 atom stereocenters. The lowest BCUT2D eigenvalue weighted by molar-refractivity contribution is 0.548. The van der Waals surface area contributed by atoms with Crippen molar-refractivity contribution in [3.8, 4) is 0 Å². The molecule has 2 aromatic rings. The minimum atomic E-state index is -0.985. The number of rotatable bonds is 2. The predicted octanol–water partition coefficient (Wildman–Crippen LogP) is 2.89. The Bertz CT molecular complexity index is 540. The van der Waals surface area contributed by atoms with Crippen LogP contribution in [0.15, 0.2) is 18.2 Å². The van der Waals surface area contributed by atoms with Gasteiger partial charge < -0.3 is 5.32 Å². The van der Waals surface area contributed by atoms with E-state index < -0.39 is 23.1 Å². The summed E-state index contributed by atoms with van der Waals surface area (Å²) in [7, 11) is 1.63. The summed E-state index contributed by atoms with van der Waals surface area (Å²) in [5, 5.41) is 6.56. The third-order valence-electron chi connectivity index (χ3n) is 2.26. The predicted molar refractivity (Wildman–Crippen MR) is 57.5 cm³/mol. The van der Waals surface area contributed by atoms with Crippen molar-refractivity contribution in [2.75, 3.05) is 5.32 Å². The van der Waals surface area contributed by atoms with Crippen LogP contribution in [-0.2, 0) is 7.05 Å². The van der Waals surface area contributed by atoms with Gasteiger partial charge in [-0.25, -0.2) is 13.2 Å². The van der Waals surface area contributed by atoms with Crippen molar-refractivity contribution < 1.29 is 13.2 Å². The smallest absolute Gasteiger partial charge is 0.152 e. The molecule has 0 aliphatic rings. The highest BCUT2D eigenvalue weighted by Gasteiger charge is 2.13. The summed E-state index contributed by atoms with van der Waals surface area (Å²) in [4.78, 5) is 0. The van der Waals surface area contributed by atoms with E-state index in [2.05, 4.69) is 10.4 Å². The molecule has 0 fully saturated rings. The minimum absolute atomic E-state index is 0.394. The summed E-state index contributed by atoms with van der Waals surface area (Å²) < 4.78 is 40.9. The Balaban J connectivity index is 2.39. The SMILES string of the molecule is Cc1cc(Nc2c(F)cc(F)cc2F)n(C)n1. The maximum absolute atomic E-state index is 13.4. The molecule has 17 heavy (non-hydrogen) atoms. The van der Waals surface area contributed by atoms with Crippen LogP contribution in [-0.4, -0.2) is 9.78 Å². The number of aromatic nitrogens is 2. The fraction of sp³-hybridized carbons (Fsp3) is 0.182. The lowest BCUT2D eigenvalue weighted by Crippen LogP contribution is -2.03. The van der Waals surface area contributed by atoms with Gasteiger partial charge in [-0.3, -0.25) is 4.68 Å². The zero-order chi connectivity index (χ0) is 12.6. The van der Waals surface area contributed by atoms with E-state index in [1.807, 2.05) is 0 Å². The molecule has 0 aliphatic carbocycles. The molecule has 0 bridgehead atoms. The fourth-order valence-electron chi connectivity index (χ4n) is 1.52. The first-order chi connectivity index (χ1) is 7.97. The summed E-state index contributed by atoms with van der Waals surface area (Å²) in [6, 6.07) is 2.87. The Morgan fingerprint density at radius 3 is 2.18 bits per heavy atom. The number of halogens is 3. The molecule has 0 saturated heterocycles. The lowest BCUT2D eigenvalue weighted by atomic mass is 10.2. The van der Waals surface area contributed by atoms with Gasteiger partial charge in [0.2, 0.25) is 0 Å². The molecular weight excluding hydrogens is 231 g/mol. The van der Waals surface area contributed by atoms with Crippen molar-refractivity contribution in [3.05, 3.63) is 41.3 Å². The molecule has 0 unspecified atom stereocenters. The molecule has 1 aromatic heterocycles. The highest BCUT2D eigenvalue weighted by Crippen LogP contribution is 2.24. The van der Waals surface area contributed by atoms with Crippen molar-refractivity contribution in [3.63, 3.8) is 0 Å². The van der Waals surface area contributed by atoms with Crippen LogP contribution in [0, 0.1) is 24.4 Å². The second-order valence-electron chi connectivity index (χ2n) is 3.66. The standard InChI is InChI=1S/C11H10F3N3/c1-6-3-10(17(2)16-6)15-11-8(13)4-7(12)5-9(11)14/h3-5,15H,1-2H3. The molecule has 90 valence electrons. The molecule has 6 heteroatoms.